The molecule has 1 atom stereocenters. The van der Waals surface area contributed by atoms with Gasteiger partial charge in [0, 0.05) is 29.5 Å². The highest BCUT2D eigenvalue weighted by Crippen LogP contribution is 2.24. The van der Waals surface area contributed by atoms with E-state index in [4.69, 9.17) is 11.6 Å². The van der Waals surface area contributed by atoms with Crippen molar-refractivity contribution in [3.8, 4) is 0 Å². The molecular weight excluding hydrogens is 338 g/mol. The molecule has 130 valence electrons. The summed E-state index contributed by atoms with van der Waals surface area (Å²) in [5.74, 6) is -0.118. The lowest BCUT2D eigenvalue weighted by atomic mass is 10.1. The van der Waals surface area contributed by atoms with Gasteiger partial charge in [-0.15, -0.1) is 0 Å². The molecule has 2 aromatic carbocycles. The van der Waals surface area contributed by atoms with Crippen LogP contribution in [0, 0.1) is 6.92 Å². The standard InChI is InChI=1S/C19H20ClN3O2/c1-13-6-8-16(9-7-13)21-19(25)22-10-11-23(18(24)14(22)2)17-5-3-4-15(20)12-17/h3-9,12,14H,10-11H2,1-2H3,(H,21,25)/t14-/m1/s1. The van der Waals surface area contributed by atoms with Crippen molar-refractivity contribution in [2.75, 3.05) is 23.3 Å². The number of nitrogens with one attached hydrogen (secondary N) is 1. The third-order valence-corrected chi connectivity index (χ3v) is 4.57. The quantitative estimate of drug-likeness (QED) is 0.885. The number of rotatable bonds is 2. The number of anilines is 2. The van der Waals surface area contributed by atoms with Crippen LogP contribution in [0.2, 0.25) is 5.02 Å². The zero-order valence-electron chi connectivity index (χ0n) is 14.2. The lowest BCUT2D eigenvalue weighted by molar-refractivity contribution is -0.123. The Hall–Kier alpha value is -2.53. The number of hydrogen-bond donors (Lipinski definition) is 1. The van der Waals surface area contributed by atoms with Gasteiger partial charge in [-0.25, -0.2) is 4.79 Å². The van der Waals surface area contributed by atoms with Crippen LogP contribution in [0.5, 0.6) is 0 Å². The van der Waals surface area contributed by atoms with Gasteiger partial charge in [0.05, 0.1) is 0 Å². The molecule has 1 heterocycles. The predicted octanol–water partition coefficient (Wildman–Crippen LogP) is 3.92. The molecule has 1 aliphatic rings. The molecule has 25 heavy (non-hydrogen) atoms. The van der Waals surface area contributed by atoms with Crippen LogP contribution in [0.15, 0.2) is 48.5 Å². The highest BCUT2D eigenvalue weighted by molar-refractivity contribution is 6.31. The molecule has 0 bridgehead atoms. The summed E-state index contributed by atoms with van der Waals surface area (Å²) in [7, 11) is 0. The summed E-state index contributed by atoms with van der Waals surface area (Å²) in [6, 6.07) is 13.9. The maximum Gasteiger partial charge on any atom is 0.322 e. The molecule has 0 unspecified atom stereocenters. The first kappa shape index (κ1) is 17.3. The second-order valence-corrected chi connectivity index (χ2v) is 6.57. The van der Waals surface area contributed by atoms with E-state index < -0.39 is 6.04 Å². The third kappa shape index (κ3) is 3.77. The first-order valence-corrected chi connectivity index (χ1v) is 8.55. The summed E-state index contributed by atoms with van der Waals surface area (Å²) < 4.78 is 0. The van der Waals surface area contributed by atoms with E-state index in [1.165, 1.54) is 0 Å². The zero-order valence-corrected chi connectivity index (χ0v) is 15.0. The SMILES string of the molecule is Cc1ccc(NC(=O)N2CCN(c3cccc(Cl)c3)C(=O)[C@H]2C)cc1. The maximum absolute atomic E-state index is 12.7. The number of aryl methyl sites for hydroxylation is 1. The van der Waals surface area contributed by atoms with E-state index in [9.17, 15) is 9.59 Å². The van der Waals surface area contributed by atoms with Crippen LogP contribution in [0.25, 0.3) is 0 Å². The number of carbonyl (C=O) groups excluding carboxylic acids is 2. The predicted molar refractivity (Wildman–Crippen MR) is 100 cm³/mol. The average molecular weight is 358 g/mol. The van der Waals surface area contributed by atoms with E-state index in [0.29, 0.717) is 23.8 Å². The van der Waals surface area contributed by atoms with Crippen molar-refractivity contribution in [2.24, 2.45) is 0 Å². The number of carbonyl (C=O) groups is 2. The summed E-state index contributed by atoms with van der Waals surface area (Å²) in [5.41, 5.74) is 2.59. The third-order valence-electron chi connectivity index (χ3n) is 4.34. The molecule has 0 spiro atoms. The Balaban J connectivity index is 1.70. The number of halogens is 1. The first-order valence-electron chi connectivity index (χ1n) is 8.17. The summed E-state index contributed by atoms with van der Waals surface area (Å²) in [6.45, 7) is 4.62. The monoisotopic (exact) mass is 357 g/mol. The van der Waals surface area contributed by atoms with E-state index in [2.05, 4.69) is 5.32 Å². The fraction of sp³-hybridized carbons (Fsp3) is 0.263. The molecule has 0 aliphatic carbocycles. The fourth-order valence-corrected chi connectivity index (χ4v) is 3.06. The molecule has 1 saturated heterocycles. The Morgan fingerprint density at radius 2 is 1.88 bits per heavy atom. The maximum atomic E-state index is 12.7. The van der Waals surface area contributed by atoms with Crippen molar-refractivity contribution in [3.05, 3.63) is 59.1 Å². The minimum atomic E-state index is -0.543. The Labute approximate surface area is 152 Å². The zero-order chi connectivity index (χ0) is 18.0. The Morgan fingerprint density at radius 3 is 2.56 bits per heavy atom. The van der Waals surface area contributed by atoms with Gasteiger partial charge in [0.25, 0.3) is 0 Å². The van der Waals surface area contributed by atoms with E-state index in [0.717, 1.165) is 11.3 Å². The number of amides is 3. The van der Waals surface area contributed by atoms with Crippen LogP contribution < -0.4 is 10.2 Å². The van der Waals surface area contributed by atoms with Crippen molar-refractivity contribution in [2.45, 2.75) is 19.9 Å². The van der Waals surface area contributed by atoms with Crippen molar-refractivity contribution < 1.29 is 9.59 Å². The van der Waals surface area contributed by atoms with Gasteiger partial charge in [0.1, 0.15) is 6.04 Å². The number of urea groups is 1. The first-order chi connectivity index (χ1) is 12.0. The minimum absolute atomic E-state index is 0.118. The second kappa shape index (κ2) is 7.15. The normalized spacial score (nSPS) is 17.6. The molecule has 3 amide bonds. The smallest absolute Gasteiger partial charge is 0.311 e. The largest absolute Gasteiger partial charge is 0.322 e. The minimum Gasteiger partial charge on any atom is -0.311 e. The molecule has 5 nitrogen and oxygen atoms in total. The molecule has 1 fully saturated rings. The molecule has 0 aromatic heterocycles. The van der Waals surface area contributed by atoms with Gasteiger partial charge in [-0.3, -0.25) is 4.79 Å². The molecular formula is C19H20ClN3O2. The summed E-state index contributed by atoms with van der Waals surface area (Å²) >= 11 is 6.02. The van der Waals surface area contributed by atoms with E-state index >= 15 is 0 Å². The average Bonchev–Trinajstić information content (AvgIpc) is 2.59. The van der Waals surface area contributed by atoms with Crippen LogP contribution in [0.1, 0.15) is 12.5 Å². The Bertz CT molecular complexity index is 792. The molecule has 0 saturated carbocycles. The van der Waals surface area contributed by atoms with Crippen LogP contribution in [-0.4, -0.2) is 36.0 Å². The van der Waals surface area contributed by atoms with Crippen LogP contribution in [-0.2, 0) is 4.79 Å². The highest BCUT2D eigenvalue weighted by atomic mass is 35.5. The topological polar surface area (TPSA) is 52.7 Å². The summed E-state index contributed by atoms with van der Waals surface area (Å²) in [6.07, 6.45) is 0. The lowest BCUT2D eigenvalue weighted by Gasteiger charge is -2.39. The fourth-order valence-electron chi connectivity index (χ4n) is 2.88. The summed E-state index contributed by atoms with van der Waals surface area (Å²) in [5, 5.41) is 3.43. The Kier molecular flexibility index (Phi) is 4.95. The van der Waals surface area contributed by atoms with Crippen molar-refractivity contribution in [1.29, 1.82) is 0 Å². The molecule has 1 N–H and O–H groups in total. The Morgan fingerprint density at radius 1 is 1.16 bits per heavy atom. The van der Waals surface area contributed by atoms with Crippen LogP contribution in [0.3, 0.4) is 0 Å². The molecule has 2 aromatic rings. The number of piperazine rings is 1. The van der Waals surface area contributed by atoms with Crippen LogP contribution >= 0.6 is 11.6 Å². The molecule has 1 aliphatic heterocycles. The number of nitrogens with zero attached hydrogens (tertiary/aromatic N) is 2. The molecule has 6 heteroatoms. The van der Waals surface area contributed by atoms with Gasteiger partial charge in [-0.1, -0.05) is 35.4 Å². The molecule has 3 rings (SSSR count). The van der Waals surface area contributed by atoms with Crippen molar-refractivity contribution >= 4 is 34.9 Å². The van der Waals surface area contributed by atoms with Gasteiger partial charge in [-0.2, -0.15) is 0 Å². The second-order valence-electron chi connectivity index (χ2n) is 6.14. The van der Waals surface area contributed by atoms with Gasteiger partial charge in [0.15, 0.2) is 0 Å². The van der Waals surface area contributed by atoms with Gasteiger partial charge in [0.2, 0.25) is 5.91 Å². The lowest BCUT2D eigenvalue weighted by Crippen LogP contribution is -2.58. The van der Waals surface area contributed by atoms with Gasteiger partial charge >= 0.3 is 6.03 Å². The number of benzene rings is 2. The van der Waals surface area contributed by atoms with E-state index in [1.54, 1.807) is 28.9 Å². The molecule has 0 radical (unpaired) electrons. The van der Waals surface area contributed by atoms with E-state index in [-0.39, 0.29) is 11.9 Å². The highest BCUT2D eigenvalue weighted by Gasteiger charge is 2.35. The van der Waals surface area contributed by atoms with Crippen molar-refractivity contribution in [3.63, 3.8) is 0 Å². The van der Waals surface area contributed by atoms with Gasteiger partial charge in [-0.05, 0) is 44.2 Å². The van der Waals surface area contributed by atoms with E-state index in [1.807, 2.05) is 43.3 Å². The number of hydrogen-bond acceptors (Lipinski definition) is 2. The van der Waals surface area contributed by atoms with Crippen LogP contribution in [0.4, 0.5) is 16.2 Å². The summed E-state index contributed by atoms with van der Waals surface area (Å²) in [4.78, 5) is 28.5. The van der Waals surface area contributed by atoms with Crippen molar-refractivity contribution in [1.82, 2.24) is 4.90 Å². The van der Waals surface area contributed by atoms with Gasteiger partial charge < -0.3 is 15.1 Å².